The van der Waals surface area contributed by atoms with Crippen molar-refractivity contribution in [3.05, 3.63) is 27.4 Å². The molecule has 0 aliphatic carbocycles. The zero-order valence-corrected chi connectivity index (χ0v) is 11.4. The molecule has 0 radical (unpaired) electrons. The van der Waals surface area contributed by atoms with Gasteiger partial charge in [-0.05, 0) is 12.8 Å². The zero-order valence-electron chi connectivity index (χ0n) is 9.87. The van der Waals surface area contributed by atoms with Gasteiger partial charge in [0.15, 0.2) is 9.84 Å². The van der Waals surface area contributed by atoms with Crippen LogP contribution in [0.1, 0.15) is 12.8 Å². The van der Waals surface area contributed by atoms with Crippen LogP contribution in [0.2, 0.25) is 5.02 Å². The Morgan fingerprint density at radius 1 is 1.53 bits per heavy atom. The Labute approximate surface area is 115 Å². The van der Waals surface area contributed by atoms with Gasteiger partial charge >= 0.3 is 0 Å². The summed E-state index contributed by atoms with van der Waals surface area (Å²) in [5, 5.41) is 13.6. The lowest BCUT2D eigenvalue weighted by atomic mass is 10.2. The highest BCUT2D eigenvalue weighted by Gasteiger charge is 2.25. The molecule has 0 saturated carbocycles. The maximum absolute atomic E-state index is 11.5. The molecule has 1 saturated heterocycles. The van der Waals surface area contributed by atoms with Crippen molar-refractivity contribution >= 4 is 32.9 Å². The quantitative estimate of drug-likeness (QED) is 0.672. The van der Waals surface area contributed by atoms with Crippen molar-refractivity contribution in [3.63, 3.8) is 0 Å². The number of pyridine rings is 1. The number of anilines is 1. The summed E-state index contributed by atoms with van der Waals surface area (Å²) >= 11 is 5.88. The predicted octanol–water partition coefficient (Wildman–Crippen LogP) is 1.63. The highest BCUT2D eigenvalue weighted by molar-refractivity contribution is 7.91. The highest BCUT2D eigenvalue weighted by atomic mass is 35.5. The minimum absolute atomic E-state index is 0.0298. The normalized spacial score (nSPS) is 21.8. The number of nitrogens with zero attached hydrogens (tertiary/aromatic N) is 2. The van der Waals surface area contributed by atoms with Gasteiger partial charge in [-0.15, -0.1) is 0 Å². The van der Waals surface area contributed by atoms with Gasteiger partial charge in [-0.1, -0.05) is 11.6 Å². The van der Waals surface area contributed by atoms with Crippen molar-refractivity contribution in [1.29, 1.82) is 0 Å². The van der Waals surface area contributed by atoms with Crippen LogP contribution in [0.25, 0.3) is 0 Å². The number of nitrogens with one attached hydrogen (secondary N) is 1. The summed E-state index contributed by atoms with van der Waals surface area (Å²) < 4.78 is 23.0. The van der Waals surface area contributed by atoms with Gasteiger partial charge in [0, 0.05) is 12.1 Å². The second kappa shape index (κ2) is 5.30. The summed E-state index contributed by atoms with van der Waals surface area (Å²) in [4.78, 5) is 13.8. The second-order valence-electron chi connectivity index (χ2n) is 4.38. The number of rotatable bonds is 3. The summed E-state index contributed by atoms with van der Waals surface area (Å²) in [7, 11) is -3.03. The van der Waals surface area contributed by atoms with E-state index >= 15 is 0 Å². The van der Waals surface area contributed by atoms with Crippen LogP contribution in [-0.4, -0.2) is 35.9 Å². The first-order chi connectivity index (χ1) is 8.87. The van der Waals surface area contributed by atoms with Crippen molar-refractivity contribution in [2.75, 3.05) is 16.8 Å². The van der Waals surface area contributed by atoms with E-state index in [9.17, 15) is 18.5 Å². The van der Waals surface area contributed by atoms with E-state index < -0.39 is 14.8 Å². The molecule has 19 heavy (non-hydrogen) atoms. The van der Waals surface area contributed by atoms with Crippen LogP contribution in [0.3, 0.4) is 0 Å². The van der Waals surface area contributed by atoms with Gasteiger partial charge < -0.3 is 5.32 Å². The third kappa shape index (κ3) is 3.54. The molecule has 104 valence electrons. The number of sulfone groups is 1. The molecule has 7 nitrogen and oxygen atoms in total. The lowest BCUT2D eigenvalue weighted by Gasteiger charge is -2.23. The van der Waals surface area contributed by atoms with Gasteiger partial charge in [0.1, 0.15) is 12.0 Å². The van der Waals surface area contributed by atoms with Crippen LogP contribution in [0.4, 0.5) is 11.5 Å². The summed E-state index contributed by atoms with van der Waals surface area (Å²) in [6.07, 6.45) is 2.38. The Bertz CT molecular complexity index is 605. The highest BCUT2D eigenvalue weighted by Crippen LogP contribution is 2.26. The molecule has 1 aliphatic rings. The van der Waals surface area contributed by atoms with Gasteiger partial charge in [0.25, 0.3) is 5.69 Å². The number of hydrogen-bond acceptors (Lipinski definition) is 6. The Morgan fingerprint density at radius 2 is 2.26 bits per heavy atom. The van der Waals surface area contributed by atoms with Crippen LogP contribution in [0.5, 0.6) is 0 Å². The molecule has 1 N–H and O–H groups in total. The maximum atomic E-state index is 11.5. The number of halogens is 1. The van der Waals surface area contributed by atoms with E-state index in [1.54, 1.807) is 0 Å². The molecule has 0 amide bonds. The number of hydrogen-bond donors (Lipinski definition) is 1. The maximum Gasteiger partial charge on any atom is 0.289 e. The van der Waals surface area contributed by atoms with E-state index in [-0.39, 0.29) is 34.1 Å². The molecule has 0 aromatic carbocycles. The molecule has 1 aromatic heterocycles. The molecule has 0 spiro atoms. The zero-order chi connectivity index (χ0) is 14.0. The molecule has 0 bridgehead atoms. The van der Waals surface area contributed by atoms with Crippen molar-refractivity contribution in [1.82, 2.24) is 4.98 Å². The average Bonchev–Trinajstić information content (AvgIpc) is 2.30. The van der Waals surface area contributed by atoms with E-state index in [0.717, 1.165) is 6.20 Å². The molecule has 0 unspecified atom stereocenters. The lowest BCUT2D eigenvalue weighted by Crippen LogP contribution is -2.35. The molecule has 2 rings (SSSR count). The smallest absolute Gasteiger partial charge is 0.289 e. The summed E-state index contributed by atoms with van der Waals surface area (Å²) in [5.74, 6) is 0.503. The van der Waals surface area contributed by atoms with Crippen LogP contribution in [0.15, 0.2) is 12.3 Å². The first-order valence-electron chi connectivity index (χ1n) is 5.64. The molecule has 2 heterocycles. The number of aromatic nitrogens is 1. The third-order valence-corrected chi connectivity index (χ3v) is 4.95. The fourth-order valence-electron chi connectivity index (χ4n) is 1.96. The van der Waals surface area contributed by atoms with Crippen molar-refractivity contribution < 1.29 is 13.3 Å². The topological polar surface area (TPSA) is 102 Å². The van der Waals surface area contributed by atoms with E-state index in [4.69, 9.17) is 11.6 Å². The molecular formula is C10H12ClN3O4S. The molecule has 1 atom stereocenters. The van der Waals surface area contributed by atoms with Crippen LogP contribution >= 0.6 is 11.6 Å². The van der Waals surface area contributed by atoms with Crippen LogP contribution in [0, 0.1) is 10.1 Å². The Hall–Kier alpha value is -1.41. The van der Waals surface area contributed by atoms with Gasteiger partial charge in [0.2, 0.25) is 0 Å². The van der Waals surface area contributed by atoms with Crippen LogP contribution < -0.4 is 5.32 Å². The van der Waals surface area contributed by atoms with E-state index in [1.807, 2.05) is 0 Å². The monoisotopic (exact) mass is 305 g/mol. The van der Waals surface area contributed by atoms with Crippen molar-refractivity contribution in [2.24, 2.45) is 0 Å². The van der Waals surface area contributed by atoms with E-state index in [2.05, 4.69) is 10.3 Å². The van der Waals surface area contributed by atoms with Gasteiger partial charge in [0.05, 0.1) is 21.5 Å². The van der Waals surface area contributed by atoms with Crippen molar-refractivity contribution in [3.8, 4) is 0 Å². The van der Waals surface area contributed by atoms with Gasteiger partial charge in [-0.3, -0.25) is 10.1 Å². The second-order valence-corrected chi connectivity index (χ2v) is 7.01. The summed E-state index contributed by atoms with van der Waals surface area (Å²) in [5.41, 5.74) is -0.202. The Morgan fingerprint density at radius 3 is 2.84 bits per heavy atom. The molecule has 1 aliphatic heterocycles. The minimum atomic E-state index is -3.03. The minimum Gasteiger partial charge on any atom is -0.365 e. The first kappa shape index (κ1) is 14.0. The summed E-state index contributed by atoms with van der Waals surface area (Å²) in [6, 6.07) is 0.930. The summed E-state index contributed by atoms with van der Waals surface area (Å²) in [6.45, 7) is 0. The largest absolute Gasteiger partial charge is 0.365 e. The molecule has 1 aromatic rings. The SMILES string of the molecule is O=[N+]([O-])c1cnc(N[C@H]2CCCS(=O)(=O)C2)c(Cl)c1. The fourth-order valence-corrected chi connectivity index (χ4v) is 3.82. The predicted molar refractivity (Wildman–Crippen MR) is 71.2 cm³/mol. The van der Waals surface area contributed by atoms with Gasteiger partial charge in [-0.25, -0.2) is 13.4 Å². The Kier molecular flexibility index (Phi) is 3.91. The lowest BCUT2D eigenvalue weighted by molar-refractivity contribution is -0.385. The van der Waals surface area contributed by atoms with Crippen molar-refractivity contribution in [2.45, 2.75) is 18.9 Å². The van der Waals surface area contributed by atoms with E-state index in [0.29, 0.717) is 12.8 Å². The van der Waals surface area contributed by atoms with E-state index in [1.165, 1.54) is 6.07 Å². The molecule has 9 heteroatoms. The van der Waals surface area contributed by atoms with Gasteiger partial charge in [-0.2, -0.15) is 0 Å². The van der Waals surface area contributed by atoms with Crippen LogP contribution in [-0.2, 0) is 9.84 Å². The standard InChI is InChI=1S/C10H12ClN3O4S/c11-9-4-8(14(15)16)5-12-10(9)13-7-2-1-3-19(17,18)6-7/h4-5,7H,1-3,6H2,(H,12,13)/t7-/m0/s1. The third-order valence-electron chi connectivity index (χ3n) is 2.84. The average molecular weight is 306 g/mol. The Balaban J connectivity index is 2.13. The fraction of sp³-hybridized carbons (Fsp3) is 0.500. The number of nitro groups is 1. The molecular weight excluding hydrogens is 294 g/mol. The first-order valence-corrected chi connectivity index (χ1v) is 7.84. The molecule has 1 fully saturated rings.